The van der Waals surface area contributed by atoms with Gasteiger partial charge >= 0.3 is 0 Å². The number of hydrogen-bond acceptors (Lipinski definition) is 4. The Morgan fingerprint density at radius 3 is 2.63 bits per heavy atom. The molecule has 2 aliphatic heterocycles. The zero-order valence-electron chi connectivity index (χ0n) is 17.4. The third-order valence-electron chi connectivity index (χ3n) is 6.90. The molecule has 2 aromatic heterocycles. The Morgan fingerprint density at radius 2 is 1.96 bits per heavy atom. The number of imidazole rings is 1. The van der Waals surface area contributed by atoms with Gasteiger partial charge in [0.25, 0.3) is 0 Å². The minimum atomic E-state index is 0.137. The van der Waals surface area contributed by atoms with Crippen LogP contribution in [0.2, 0.25) is 0 Å². The lowest BCUT2D eigenvalue weighted by molar-refractivity contribution is 0.00257. The van der Waals surface area contributed by atoms with Gasteiger partial charge in [-0.3, -0.25) is 14.5 Å². The van der Waals surface area contributed by atoms with Crippen LogP contribution in [-0.4, -0.2) is 55.7 Å². The minimum Gasteiger partial charge on any atom is -0.348 e. The van der Waals surface area contributed by atoms with Crippen molar-refractivity contribution < 1.29 is 0 Å². The lowest BCUT2D eigenvalue weighted by Crippen LogP contribution is -2.56. The highest BCUT2D eigenvalue weighted by atomic mass is 15.3. The molecule has 6 heteroatoms. The predicted molar refractivity (Wildman–Crippen MR) is 108 cm³/mol. The van der Waals surface area contributed by atoms with Crippen molar-refractivity contribution in [2.75, 3.05) is 26.2 Å². The molecule has 0 saturated carbocycles. The van der Waals surface area contributed by atoms with E-state index in [1.54, 1.807) is 0 Å². The maximum Gasteiger partial charge on any atom is 0.0926 e. The molecule has 2 aliphatic rings. The topological polar surface area (TPSA) is 53.0 Å². The average Bonchev–Trinajstić information content (AvgIpc) is 3.24. The van der Waals surface area contributed by atoms with Crippen LogP contribution in [0.5, 0.6) is 0 Å². The van der Waals surface area contributed by atoms with Crippen molar-refractivity contribution in [3.8, 4) is 0 Å². The number of fused-ring (bicyclic) bond motifs is 2. The lowest BCUT2D eigenvalue weighted by Gasteiger charge is -2.50. The second-order valence-corrected chi connectivity index (χ2v) is 8.40. The second kappa shape index (κ2) is 7.40. The van der Waals surface area contributed by atoms with Gasteiger partial charge in [0, 0.05) is 56.6 Å². The number of unbranched alkanes of at least 4 members (excludes halogenated alkanes) is 1. The zero-order valence-corrected chi connectivity index (χ0v) is 17.4. The Kier molecular flexibility index (Phi) is 5.12. The van der Waals surface area contributed by atoms with Gasteiger partial charge in [-0.1, -0.05) is 13.3 Å². The van der Waals surface area contributed by atoms with Crippen LogP contribution >= 0.6 is 0 Å². The number of rotatable bonds is 5. The van der Waals surface area contributed by atoms with E-state index < -0.39 is 0 Å². The molecule has 4 heterocycles. The summed E-state index contributed by atoms with van der Waals surface area (Å²) in [5, 5.41) is 4.60. The van der Waals surface area contributed by atoms with E-state index in [4.69, 9.17) is 4.98 Å². The number of aryl methyl sites for hydroxylation is 2. The van der Waals surface area contributed by atoms with E-state index in [0.29, 0.717) is 0 Å². The number of hydrogen-bond donors (Lipinski definition) is 1. The summed E-state index contributed by atoms with van der Waals surface area (Å²) in [6.45, 7) is 12.2. The molecule has 1 saturated heterocycles. The summed E-state index contributed by atoms with van der Waals surface area (Å²) in [4.78, 5) is 13.6. The summed E-state index contributed by atoms with van der Waals surface area (Å²) in [6, 6.07) is 0. The van der Waals surface area contributed by atoms with E-state index in [-0.39, 0.29) is 5.54 Å². The number of likely N-dealkylation sites (tertiary alicyclic amines) is 1. The quantitative estimate of drug-likeness (QED) is 0.879. The Labute approximate surface area is 163 Å². The Balaban J connectivity index is 1.52. The van der Waals surface area contributed by atoms with E-state index in [1.165, 1.54) is 60.6 Å². The standard InChI is InChI=1S/C21H34N6/c1-5-6-10-27-11-7-19-20(23-15-22-19)21(27)8-12-26(13-9-21)14-18-16(2)24-25(4)17(18)3/h15H,5-14H2,1-4H3,(H,22,23). The number of nitrogens with one attached hydrogen (secondary N) is 1. The summed E-state index contributed by atoms with van der Waals surface area (Å²) < 4.78 is 2.01. The van der Waals surface area contributed by atoms with E-state index in [9.17, 15) is 0 Å². The summed E-state index contributed by atoms with van der Waals surface area (Å²) in [7, 11) is 2.05. The van der Waals surface area contributed by atoms with E-state index >= 15 is 0 Å². The molecule has 0 bridgehead atoms. The van der Waals surface area contributed by atoms with Crippen molar-refractivity contribution in [3.05, 3.63) is 34.7 Å². The van der Waals surface area contributed by atoms with Crippen LogP contribution in [0.3, 0.4) is 0 Å². The number of nitrogens with zero attached hydrogens (tertiary/aromatic N) is 5. The summed E-state index contributed by atoms with van der Waals surface area (Å²) in [5.74, 6) is 0. The van der Waals surface area contributed by atoms with Crippen LogP contribution in [0, 0.1) is 13.8 Å². The largest absolute Gasteiger partial charge is 0.348 e. The summed E-state index contributed by atoms with van der Waals surface area (Å²) in [5.41, 5.74) is 6.71. The van der Waals surface area contributed by atoms with Crippen LogP contribution in [0.25, 0.3) is 0 Å². The highest BCUT2D eigenvalue weighted by Gasteiger charge is 2.46. The van der Waals surface area contributed by atoms with Gasteiger partial charge < -0.3 is 4.98 Å². The molecule has 0 unspecified atom stereocenters. The molecule has 2 aromatic rings. The normalized spacial score (nSPS) is 20.3. The van der Waals surface area contributed by atoms with Gasteiger partial charge in [0.1, 0.15) is 0 Å². The minimum absolute atomic E-state index is 0.137. The van der Waals surface area contributed by atoms with Crippen molar-refractivity contribution in [1.82, 2.24) is 29.5 Å². The fourth-order valence-electron chi connectivity index (χ4n) is 5.10. The van der Waals surface area contributed by atoms with Gasteiger partial charge in [-0.05, 0) is 39.7 Å². The van der Waals surface area contributed by atoms with Crippen molar-refractivity contribution >= 4 is 0 Å². The molecule has 1 fully saturated rings. The maximum atomic E-state index is 4.80. The maximum absolute atomic E-state index is 4.80. The van der Waals surface area contributed by atoms with Crippen LogP contribution in [0.1, 0.15) is 60.9 Å². The molecule has 0 amide bonds. The highest BCUT2D eigenvalue weighted by molar-refractivity contribution is 5.28. The number of piperidine rings is 1. The first-order valence-electron chi connectivity index (χ1n) is 10.5. The fourth-order valence-corrected chi connectivity index (χ4v) is 5.10. The van der Waals surface area contributed by atoms with Gasteiger partial charge in [-0.25, -0.2) is 4.98 Å². The molecule has 1 N–H and O–H groups in total. The molecule has 27 heavy (non-hydrogen) atoms. The Morgan fingerprint density at radius 1 is 1.19 bits per heavy atom. The smallest absolute Gasteiger partial charge is 0.0926 e. The van der Waals surface area contributed by atoms with Gasteiger partial charge in [0.15, 0.2) is 0 Å². The van der Waals surface area contributed by atoms with Crippen molar-refractivity contribution in [1.29, 1.82) is 0 Å². The zero-order chi connectivity index (χ0) is 19.0. The first kappa shape index (κ1) is 18.7. The molecule has 0 radical (unpaired) electrons. The highest BCUT2D eigenvalue weighted by Crippen LogP contribution is 2.42. The van der Waals surface area contributed by atoms with Gasteiger partial charge in [-0.15, -0.1) is 0 Å². The lowest BCUT2D eigenvalue weighted by atomic mass is 9.78. The van der Waals surface area contributed by atoms with E-state index in [1.807, 2.05) is 18.1 Å². The SMILES string of the molecule is CCCCN1CCc2[nH]cnc2C12CCN(Cc1c(C)nn(C)c1C)CC2. The number of H-pyrrole nitrogens is 1. The molecular weight excluding hydrogens is 336 g/mol. The molecule has 148 valence electrons. The Hall–Kier alpha value is -1.66. The molecule has 1 spiro atoms. The first-order chi connectivity index (χ1) is 13.0. The number of aromatic amines is 1. The molecule has 4 rings (SSSR count). The number of aromatic nitrogens is 4. The molecule has 0 aromatic carbocycles. The molecule has 6 nitrogen and oxygen atoms in total. The van der Waals surface area contributed by atoms with Crippen molar-refractivity contribution in [2.45, 2.75) is 65.0 Å². The average molecular weight is 371 g/mol. The third-order valence-corrected chi connectivity index (χ3v) is 6.90. The fraction of sp³-hybridized carbons (Fsp3) is 0.714. The molecule has 0 aliphatic carbocycles. The van der Waals surface area contributed by atoms with Crippen LogP contribution in [0.4, 0.5) is 0 Å². The first-order valence-corrected chi connectivity index (χ1v) is 10.5. The molecule has 0 atom stereocenters. The van der Waals surface area contributed by atoms with Crippen molar-refractivity contribution in [2.24, 2.45) is 7.05 Å². The Bertz CT molecular complexity index is 781. The summed E-state index contributed by atoms with van der Waals surface area (Å²) in [6.07, 6.45) is 7.90. The third kappa shape index (κ3) is 3.23. The van der Waals surface area contributed by atoms with E-state index in [2.05, 4.69) is 40.7 Å². The van der Waals surface area contributed by atoms with E-state index in [0.717, 1.165) is 32.6 Å². The monoisotopic (exact) mass is 370 g/mol. The van der Waals surface area contributed by atoms with Gasteiger partial charge in [0.2, 0.25) is 0 Å². The van der Waals surface area contributed by atoms with Crippen molar-refractivity contribution in [3.63, 3.8) is 0 Å². The predicted octanol–water partition coefficient (Wildman–Crippen LogP) is 2.91. The van der Waals surface area contributed by atoms with Crippen LogP contribution < -0.4 is 0 Å². The van der Waals surface area contributed by atoms with Gasteiger partial charge in [0.05, 0.1) is 23.3 Å². The second-order valence-electron chi connectivity index (χ2n) is 8.40. The molecular formula is C21H34N6. The van der Waals surface area contributed by atoms with Crippen LogP contribution in [-0.2, 0) is 25.6 Å². The summed E-state index contributed by atoms with van der Waals surface area (Å²) >= 11 is 0. The van der Waals surface area contributed by atoms with Crippen LogP contribution in [0.15, 0.2) is 6.33 Å². The van der Waals surface area contributed by atoms with Gasteiger partial charge in [-0.2, -0.15) is 5.10 Å².